The second-order valence-electron chi connectivity index (χ2n) is 4.03. The number of aryl methyl sites for hydroxylation is 1. The molecule has 0 aromatic carbocycles. The normalized spacial score (nSPS) is 12.0. The number of nitrogens with two attached hydrogens (primary N) is 1. The zero-order chi connectivity index (χ0) is 11.3. The lowest BCUT2D eigenvalue weighted by Crippen LogP contribution is -2.30. The molecule has 1 heterocycles. The van der Waals surface area contributed by atoms with Crippen molar-refractivity contribution in [1.29, 1.82) is 0 Å². The highest BCUT2D eigenvalue weighted by atomic mass is 16.5. The minimum atomic E-state index is -0.540. The van der Waals surface area contributed by atoms with E-state index in [-0.39, 0.29) is 0 Å². The van der Waals surface area contributed by atoms with Gasteiger partial charge in [0.1, 0.15) is 0 Å². The molecule has 1 aromatic heterocycles. The first-order chi connectivity index (χ1) is 7.04. The van der Waals surface area contributed by atoms with E-state index in [0.717, 1.165) is 26.1 Å². The van der Waals surface area contributed by atoms with E-state index >= 15 is 0 Å². The van der Waals surface area contributed by atoms with E-state index < -0.39 is 5.54 Å². The predicted molar refractivity (Wildman–Crippen MR) is 56.3 cm³/mol. The summed E-state index contributed by atoms with van der Waals surface area (Å²) in [6, 6.07) is 0. The molecule has 2 N–H and O–H groups in total. The van der Waals surface area contributed by atoms with Gasteiger partial charge in [-0.05, 0) is 27.2 Å². The van der Waals surface area contributed by atoms with Crippen molar-refractivity contribution in [1.82, 2.24) is 10.1 Å². The smallest absolute Gasteiger partial charge is 0.226 e. The van der Waals surface area contributed by atoms with Gasteiger partial charge in [-0.2, -0.15) is 4.98 Å². The van der Waals surface area contributed by atoms with Crippen LogP contribution in [0.2, 0.25) is 0 Å². The van der Waals surface area contributed by atoms with Gasteiger partial charge in [-0.3, -0.25) is 0 Å². The maximum Gasteiger partial charge on any atom is 0.226 e. The van der Waals surface area contributed by atoms with E-state index in [1.54, 1.807) is 0 Å². The van der Waals surface area contributed by atoms with Crippen molar-refractivity contribution in [3.63, 3.8) is 0 Å². The lowest BCUT2D eigenvalue weighted by atomic mass is 10.1. The molecule has 0 aliphatic heterocycles. The zero-order valence-electron chi connectivity index (χ0n) is 9.62. The highest BCUT2D eigenvalue weighted by Crippen LogP contribution is 2.13. The molecule has 86 valence electrons. The van der Waals surface area contributed by atoms with E-state index in [1.807, 2.05) is 20.8 Å². The molecule has 0 fully saturated rings. The number of ether oxygens (including phenoxy) is 1. The summed E-state index contributed by atoms with van der Waals surface area (Å²) in [7, 11) is 0. The van der Waals surface area contributed by atoms with Crippen molar-refractivity contribution in [2.24, 2.45) is 5.73 Å². The van der Waals surface area contributed by atoms with Crippen LogP contribution in [0.3, 0.4) is 0 Å². The van der Waals surface area contributed by atoms with Crippen molar-refractivity contribution in [3.8, 4) is 0 Å². The number of hydrogen-bond acceptors (Lipinski definition) is 5. The molecule has 1 aromatic rings. The average Bonchev–Trinajstić information content (AvgIpc) is 2.60. The Bertz CT molecular complexity index is 291. The van der Waals surface area contributed by atoms with E-state index in [1.165, 1.54) is 0 Å². The van der Waals surface area contributed by atoms with Crippen LogP contribution < -0.4 is 5.73 Å². The maximum absolute atomic E-state index is 5.84. The second-order valence-corrected chi connectivity index (χ2v) is 4.03. The van der Waals surface area contributed by atoms with E-state index in [4.69, 9.17) is 15.0 Å². The molecule has 0 aliphatic carbocycles. The minimum Gasteiger partial charge on any atom is -0.382 e. The van der Waals surface area contributed by atoms with Crippen molar-refractivity contribution < 1.29 is 9.26 Å². The summed E-state index contributed by atoms with van der Waals surface area (Å²) in [6.45, 7) is 7.14. The molecular formula is C10H19N3O2. The Labute approximate surface area is 90.0 Å². The molecule has 0 saturated heterocycles. The lowest BCUT2D eigenvalue weighted by Gasteiger charge is -2.11. The number of rotatable bonds is 6. The third kappa shape index (κ3) is 3.97. The summed E-state index contributed by atoms with van der Waals surface area (Å²) in [5, 5.41) is 3.83. The fraction of sp³-hybridized carbons (Fsp3) is 0.800. The Morgan fingerprint density at radius 3 is 2.73 bits per heavy atom. The Hall–Kier alpha value is -0.940. The molecule has 0 radical (unpaired) electrons. The zero-order valence-corrected chi connectivity index (χ0v) is 9.62. The Morgan fingerprint density at radius 1 is 1.47 bits per heavy atom. The predicted octanol–water partition coefficient (Wildman–Crippen LogP) is 1.23. The summed E-state index contributed by atoms with van der Waals surface area (Å²) in [4.78, 5) is 4.22. The molecule has 15 heavy (non-hydrogen) atoms. The molecule has 0 amide bonds. The molecule has 0 bridgehead atoms. The van der Waals surface area contributed by atoms with Crippen molar-refractivity contribution >= 4 is 0 Å². The van der Waals surface area contributed by atoms with Gasteiger partial charge >= 0.3 is 0 Å². The highest BCUT2D eigenvalue weighted by Gasteiger charge is 2.21. The molecule has 0 aliphatic rings. The summed E-state index contributed by atoms with van der Waals surface area (Å²) in [5.41, 5.74) is 5.30. The number of hydrogen-bond donors (Lipinski definition) is 1. The van der Waals surface area contributed by atoms with Gasteiger partial charge in [-0.25, -0.2) is 0 Å². The summed E-state index contributed by atoms with van der Waals surface area (Å²) in [5.74, 6) is 1.18. The van der Waals surface area contributed by atoms with Crippen LogP contribution in [0.15, 0.2) is 4.52 Å². The van der Waals surface area contributed by atoms with Crippen LogP contribution in [-0.2, 0) is 16.7 Å². The minimum absolute atomic E-state index is 0.540. The van der Waals surface area contributed by atoms with E-state index in [0.29, 0.717) is 11.7 Å². The van der Waals surface area contributed by atoms with Crippen molar-refractivity contribution in [2.75, 3.05) is 13.2 Å². The number of aromatic nitrogens is 2. The van der Waals surface area contributed by atoms with Gasteiger partial charge in [0.15, 0.2) is 5.82 Å². The van der Waals surface area contributed by atoms with Crippen molar-refractivity contribution in [3.05, 3.63) is 11.7 Å². The van der Waals surface area contributed by atoms with Crippen LogP contribution in [0.1, 0.15) is 38.9 Å². The molecule has 5 nitrogen and oxygen atoms in total. The monoisotopic (exact) mass is 213 g/mol. The van der Waals surface area contributed by atoms with Gasteiger partial charge < -0.3 is 15.0 Å². The maximum atomic E-state index is 5.84. The Balaban J connectivity index is 2.40. The van der Waals surface area contributed by atoms with Crippen LogP contribution in [0.5, 0.6) is 0 Å². The van der Waals surface area contributed by atoms with Gasteiger partial charge in [-0.1, -0.05) is 5.16 Å². The summed E-state index contributed by atoms with van der Waals surface area (Å²) >= 11 is 0. The van der Waals surface area contributed by atoms with Crippen LogP contribution in [-0.4, -0.2) is 23.4 Å². The lowest BCUT2D eigenvalue weighted by molar-refractivity contribution is 0.143. The Kier molecular flexibility index (Phi) is 4.23. The standard InChI is InChI=1S/C10H19N3O2/c1-4-14-7-5-6-8-12-9(13-15-8)10(2,3)11/h4-7,11H2,1-3H3. The molecule has 0 saturated carbocycles. The fourth-order valence-corrected chi connectivity index (χ4v) is 1.09. The van der Waals surface area contributed by atoms with Gasteiger partial charge in [-0.15, -0.1) is 0 Å². The SMILES string of the molecule is CCOCCCc1nc(C(C)(C)N)no1. The topological polar surface area (TPSA) is 74.2 Å². The van der Waals surface area contributed by atoms with Crippen LogP contribution in [0.4, 0.5) is 0 Å². The second kappa shape index (κ2) is 5.23. The van der Waals surface area contributed by atoms with Gasteiger partial charge in [0.25, 0.3) is 0 Å². The first kappa shape index (κ1) is 12.1. The third-order valence-electron chi connectivity index (χ3n) is 1.93. The quantitative estimate of drug-likeness (QED) is 0.719. The molecular weight excluding hydrogens is 194 g/mol. The first-order valence-corrected chi connectivity index (χ1v) is 5.23. The molecule has 0 atom stereocenters. The summed E-state index contributed by atoms with van der Waals surface area (Å²) in [6.07, 6.45) is 1.63. The van der Waals surface area contributed by atoms with Gasteiger partial charge in [0.2, 0.25) is 5.89 Å². The van der Waals surface area contributed by atoms with E-state index in [2.05, 4.69) is 10.1 Å². The fourth-order valence-electron chi connectivity index (χ4n) is 1.09. The van der Waals surface area contributed by atoms with Crippen LogP contribution in [0, 0.1) is 0 Å². The highest BCUT2D eigenvalue weighted by molar-refractivity contribution is 4.98. The van der Waals surface area contributed by atoms with Crippen molar-refractivity contribution in [2.45, 2.75) is 39.2 Å². The van der Waals surface area contributed by atoms with E-state index in [9.17, 15) is 0 Å². The van der Waals surface area contributed by atoms with Gasteiger partial charge in [0, 0.05) is 19.6 Å². The first-order valence-electron chi connectivity index (χ1n) is 5.23. The molecule has 0 spiro atoms. The number of nitrogens with zero attached hydrogens (tertiary/aromatic N) is 2. The van der Waals surface area contributed by atoms with Crippen LogP contribution >= 0.6 is 0 Å². The third-order valence-corrected chi connectivity index (χ3v) is 1.93. The molecule has 0 unspecified atom stereocenters. The average molecular weight is 213 g/mol. The largest absolute Gasteiger partial charge is 0.382 e. The molecule has 1 rings (SSSR count). The summed E-state index contributed by atoms with van der Waals surface area (Å²) < 4.78 is 10.3. The Morgan fingerprint density at radius 2 is 2.20 bits per heavy atom. The van der Waals surface area contributed by atoms with Gasteiger partial charge in [0.05, 0.1) is 5.54 Å². The molecule has 5 heteroatoms. The van der Waals surface area contributed by atoms with Crippen LogP contribution in [0.25, 0.3) is 0 Å².